The van der Waals surface area contributed by atoms with Gasteiger partial charge in [-0.3, -0.25) is 4.98 Å². The first-order valence-corrected chi connectivity index (χ1v) is 10.6. The molecule has 2 N–H and O–H groups in total. The molecule has 0 radical (unpaired) electrons. The number of carbonyl (C=O) groups is 1. The maximum Gasteiger partial charge on any atom is 0.404 e. The van der Waals surface area contributed by atoms with E-state index in [0.717, 1.165) is 59.1 Å². The van der Waals surface area contributed by atoms with Gasteiger partial charge in [-0.15, -0.1) is 0 Å². The van der Waals surface area contributed by atoms with E-state index in [2.05, 4.69) is 37.8 Å². The van der Waals surface area contributed by atoms with E-state index >= 15 is 0 Å². The number of rotatable bonds is 4. The summed E-state index contributed by atoms with van der Waals surface area (Å²) in [4.78, 5) is 22.4. The van der Waals surface area contributed by atoms with E-state index in [1.165, 1.54) is 0 Å². The van der Waals surface area contributed by atoms with Crippen LogP contribution in [0.5, 0.6) is 5.88 Å². The van der Waals surface area contributed by atoms with E-state index in [0.29, 0.717) is 19.1 Å². The van der Waals surface area contributed by atoms with E-state index in [4.69, 9.17) is 19.6 Å². The molecule has 1 aliphatic heterocycles. The van der Waals surface area contributed by atoms with Crippen molar-refractivity contribution >= 4 is 45.4 Å². The topological polar surface area (TPSA) is 96.8 Å². The first-order chi connectivity index (χ1) is 13.6. The van der Waals surface area contributed by atoms with Gasteiger partial charge in [0.1, 0.15) is 11.9 Å². The smallest absolute Gasteiger partial charge is 0.404 e. The fraction of sp³-hybridized carbons (Fsp3) is 0.526. The quantitative estimate of drug-likeness (QED) is 0.626. The minimum Gasteiger partial charge on any atom is -0.474 e. The monoisotopic (exact) mass is 498 g/mol. The highest BCUT2D eigenvalue weighted by molar-refractivity contribution is 14.1. The van der Waals surface area contributed by atoms with E-state index < -0.39 is 6.09 Å². The van der Waals surface area contributed by atoms with Crippen molar-refractivity contribution in [3.63, 3.8) is 0 Å². The van der Waals surface area contributed by atoms with Gasteiger partial charge in [-0.1, -0.05) is 0 Å². The second kappa shape index (κ2) is 8.64. The predicted octanol–water partition coefficient (Wildman–Crippen LogP) is 3.03. The number of carboxylic acid groups (broad SMARTS) is 1. The average Bonchev–Trinajstić information content (AvgIpc) is 2.70. The third kappa shape index (κ3) is 4.57. The van der Waals surface area contributed by atoms with Gasteiger partial charge in [0.15, 0.2) is 0 Å². The molecule has 1 aliphatic carbocycles. The van der Waals surface area contributed by atoms with Gasteiger partial charge < -0.3 is 24.8 Å². The van der Waals surface area contributed by atoms with E-state index in [9.17, 15) is 4.79 Å². The fourth-order valence-corrected chi connectivity index (χ4v) is 4.21. The van der Waals surface area contributed by atoms with Gasteiger partial charge in [-0.2, -0.15) is 4.98 Å². The molecule has 0 spiro atoms. The number of anilines is 1. The molecule has 0 atom stereocenters. The number of aromatic nitrogens is 2. The van der Waals surface area contributed by atoms with Gasteiger partial charge in [-0.25, -0.2) is 4.79 Å². The Kier molecular flexibility index (Phi) is 6.00. The van der Waals surface area contributed by atoms with Crippen LogP contribution in [0, 0.1) is 3.57 Å². The molecule has 3 heterocycles. The van der Waals surface area contributed by atoms with Crippen LogP contribution >= 0.6 is 22.6 Å². The third-order valence-electron chi connectivity index (χ3n) is 5.21. The summed E-state index contributed by atoms with van der Waals surface area (Å²) in [5.41, 5.74) is 0.869. The molecule has 150 valence electrons. The van der Waals surface area contributed by atoms with Crippen molar-refractivity contribution in [2.45, 2.75) is 37.8 Å². The summed E-state index contributed by atoms with van der Waals surface area (Å²) in [5.74, 6) is 1.47. The zero-order valence-electron chi connectivity index (χ0n) is 15.4. The Hall–Kier alpha value is -1.88. The Morgan fingerprint density at radius 1 is 1.25 bits per heavy atom. The Morgan fingerprint density at radius 2 is 2.00 bits per heavy atom. The van der Waals surface area contributed by atoms with Crippen LogP contribution in [0.1, 0.15) is 25.7 Å². The fourth-order valence-electron chi connectivity index (χ4n) is 3.76. The zero-order chi connectivity index (χ0) is 19.5. The molecule has 2 aromatic heterocycles. The Balaban J connectivity index is 1.56. The molecule has 2 fully saturated rings. The van der Waals surface area contributed by atoms with Crippen molar-refractivity contribution in [3.05, 3.63) is 21.9 Å². The third-order valence-corrected chi connectivity index (χ3v) is 5.80. The molecule has 9 heteroatoms. The number of hydrogen-bond donors (Lipinski definition) is 2. The first kappa shape index (κ1) is 19.4. The zero-order valence-corrected chi connectivity index (χ0v) is 17.6. The van der Waals surface area contributed by atoms with Crippen LogP contribution in [0.25, 0.3) is 10.9 Å². The highest BCUT2D eigenvalue weighted by Gasteiger charge is 2.25. The number of morpholine rings is 1. The van der Waals surface area contributed by atoms with Crippen LogP contribution in [-0.2, 0) is 4.74 Å². The van der Waals surface area contributed by atoms with Gasteiger partial charge in [0.05, 0.1) is 24.1 Å². The highest BCUT2D eigenvalue weighted by atomic mass is 127. The maximum absolute atomic E-state index is 10.8. The summed E-state index contributed by atoms with van der Waals surface area (Å²) in [6.45, 7) is 2.98. The minimum absolute atomic E-state index is 0.00403. The van der Waals surface area contributed by atoms with Gasteiger partial charge in [0.25, 0.3) is 0 Å². The molecule has 0 unspecified atom stereocenters. The molecular formula is C19H23IN4O4. The molecule has 28 heavy (non-hydrogen) atoms. The van der Waals surface area contributed by atoms with Gasteiger partial charge in [0, 0.05) is 35.0 Å². The highest BCUT2D eigenvalue weighted by Crippen LogP contribution is 2.31. The second-order valence-corrected chi connectivity index (χ2v) is 8.39. The Labute approximate surface area is 176 Å². The SMILES string of the molecule is O=C(O)NC1CCC(Oc2nc(N3CCOCC3)cc3ncc(I)cc23)CC1. The minimum atomic E-state index is -0.962. The standard InChI is InChI=1S/C19H23IN4O4/c20-12-9-15-16(21-11-12)10-17(24-5-7-27-8-6-24)23-18(15)28-14-3-1-13(2-4-14)22-19(25)26/h9-11,13-14,22H,1-8H2,(H,25,26). The lowest BCUT2D eigenvalue weighted by atomic mass is 9.93. The number of amides is 1. The number of fused-ring (bicyclic) bond motifs is 1. The van der Waals surface area contributed by atoms with E-state index in [-0.39, 0.29) is 12.1 Å². The van der Waals surface area contributed by atoms with Crippen LogP contribution in [0.3, 0.4) is 0 Å². The summed E-state index contributed by atoms with van der Waals surface area (Å²) in [7, 11) is 0. The molecule has 2 aromatic rings. The second-order valence-electron chi connectivity index (χ2n) is 7.15. The molecule has 1 saturated heterocycles. The number of nitrogens with one attached hydrogen (secondary N) is 1. The number of halogens is 1. The van der Waals surface area contributed by atoms with Crippen LogP contribution in [0.2, 0.25) is 0 Å². The van der Waals surface area contributed by atoms with Crippen molar-refractivity contribution in [3.8, 4) is 5.88 Å². The number of hydrogen-bond acceptors (Lipinski definition) is 6. The normalized spacial score (nSPS) is 22.8. The van der Waals surface area contributed by atoms with E-state index in [1.807, 2.05) is 18.3 Å². The van der Waals surface area contributed by atoms with Gasteiger partial charge in [-0.05, 0) is 54.3 Å². The molecule has 0 aromatic carbocycles. The van der Waals surface area contributed by atoms with Crippen molar-refractivity contribution in [2.24, 2.45) is 0 Å². The molecule has 1 amide bonds. The van der Waals surface area contributed by atoms with Crippen LogP contribution in [-0.4, -0.2) is 59.6 Å². The Bertz CT molecular complexity index is 851. The van der Waals surface area contributed by atoms with Crippen molar-refractivity contribution in [1.82, 2.24) is 15.3 Å². The van der Waals surface area contributed by atoms with E-state index in [1.54, 1.807) is 0 Å². The summed E-state index contributed by atoms with van der Waals surface area (Å²) in [6.07, 6.45) is 4.05. The largest absolute Gasteiger partial charge is 0.474 e. The van der Waals surface area contributed by atoms with Crippen molar-refractivity contribution in [1.29, 1.82) is 0 Å². The molecular weight excluding hydrogens is 475 g/mol. The molecule has 2 aliphatic rings. The summed E-state index contributed by atoms with van der Waals surface area (Å²) in [6, 6.07) is 4.06. The predicted molar refractivity (Wildman–Crippen MR) is 113 cm³/mol. The van der Waals surface area contributed by atoms with Crippen molar-refractivity contribution in [2.75, 3.05) is 31.2 Å². The lowest BCUT2D eigenvalue weighted by molar-refractivity contribution is 0.121. The van der Waals surface area contributed by atoms with Crippen LogP contribution in [0.4, 0.5) is 10.6 Å². The number of ether oxygens (including phenoxy) is 2. The lowest BCUT2D eigenvalue weighted by Gasteiger charge is -2.30. The number of nitrogens with zero attached hydrogens (tertiary/aromatic N) is 3. The van der Waals surface area contributed by atoms with Crippen LogP contribution < -0.4 is 15.0 Å². The van der Waals surface area contributed by atoms with Gasteiger partial charge >= 0.3 is 6.09 Å². The molecule has 0 bridgehead atoms. The van der Waals surface area contributed by atoms with Gasteiger partial charge in [0.2, 0.25) is 5.88 Å². The maximum atomic E-state index is 10.8. The Morgan fingerprint density at radius 3 is 2.71 bits per heavy atom. The lowest BCUT2D eigenvalue weighted by Crippen LogP contribution is -2.39. The molecule has 4 rings (SSSR count). The first-order valence-electron chi connectivity index (χ1n) is 9.53. The molecule has 1 saturated carbocycles. The summed E-state index contributed by atoms with van der Waals surface area (Å²) < 4.78 is 12.8. The van der Waals surface area contributed by atoms with Crippen molar-refractivity contribution < 1.29 is 19.4 Å². The summed E-state index contributed by atoms with van der Waals surface area (Å²) >= 11 is 2.24. The molecule has 8 nitrogen and oxygen atoms in total. The van der Waals surface area contributed by atoms with Crippen LogP contribution in [0.15, 0.2) is 18.3 Å². The average molecular weight is 498 g/mol. The number of pyridine rings is 2. The summed E-state index contributed by atoms with van der Waals surface area (Å²) in [5, 5.41) is 12.4.